The van der Waals surface area contributed by atoms with Crippen molar-refractivity contribution in [3.05, 3.63) is 29.8 Å². The average molecular weight is 308 g/mol. The Kier molecular flexibility index (Phi) is 7.41. The molecule has 0 aliphatic heterocycles. The normalized spacial score (nSPS) is 11.5. The van der Waals surface area contributed by atoms with Gasteiger partial charge in [0, 0.05) is 13.1 Å². The van der Waals surface area contributed by atoms with Gasteiger partial charge in [-0.2, -0.15) is 9.57 Å². The van der Waals surface area contributed by atoms with E-state index in [1.54, 1.807) is 28.6 Å². The molecule has 0 fully saturated rings. The van der Waals surface area contributed by atoms with Crippen LogP contribution in [0.4, 0.5) is 0 Å². The summed E-state index contributed by atoms with van der Waals surface area (Å²) in [7, 11) is -3.43. The Hall–Kier alpha value is -1.38. The Bertz CT molecular complexity index is 551. The predicted octanol–water partition coefficient (Wildman–Crippen LogP) is 3.34. The molecule has 0 saturated carbocycles. The van der Waals surface area contributed by atoms with Crippen molar-refractivity contribution in [1.29, 1.82) is 5.26 Å². The van der Waals surface area contributed by atoms with E-state index in [-0.39, 0.29) is 0 Å². The minimum atomic E-state index is -3.43. The topological polar surface area (TPSA) is 61.2 Å². The summed E-state index contributed by atoms with van der Waals surface area (Å²) in [4.78, 5) is 0.316. The van der Waals surface area contributed by atoms with E-state index in [2.05, 4.69) is 19.9 Å². The minimum Gasteiger partial charge on any atom is -0.207 e. The molecule has 0 heterocycles. The fourth-order valence-corrected chi connectivity index (χ4v) is 3.56. The number of hydrogen-bond acceptors (Lipinski definition) is 3. The van der Waals surface area contributed by atoms with Gasteiger partial charge in [-0.3, -0.25) is 0 Å². The van der Waals surface area contributed by atoms with Crippen LogP contribution in [-0.4, -0.2) is 25.8 Å². The molecule has 0 aliphatic rings. The van der Waals surface area contributed by atoms with Crippen LogP contribution in [-0.2, 0) is 16.4 Å². The molecule has 21 heavy (non-hydrogen) atoms. The average Bonchev–Trinajstić information content (AvgIpc) is 2.48. The Morgan fingerprint density at radius 1 is 1.05 bits per heavy atom. The second-order valence-corrected chi connectivity index (χ2v) is 7.03. The molecule has 0 atom stereocenters. The molecule has 0 unspecified atom stereocenters. The van der Waals surface area contributed by atoms with E-state index in [0.29, 0.717) is 24.4 Å². The van der Waals surface area contributed by atoms with Crippen molar-refractivity contribution in [1.82, 2.24) is 4.31 Å². The number of nitrogens with zero attached hydrogens (tertiary/aromatic N) is 2. The smallest absolute Gasteiger partial charge is 0.207 e. The van der Waals surface area contributed by atoms with Crippen LogP contribution >= 0.6 is 0 Å². The molecule has 4 nitrogen and oxygen atoms in total. The molecule has 0 amide bonds. The summed E-state index contributed by atoms with van der Waals surface area (Å²) in [6, 6.07) is 8.70. The van der Waals surface area contributed by atoms with Gasteiger partial charge in [-0.05, 0) is 30.5 Å². The van der Waals surface area contributed by atoms with Crippen molar-refractivity contribution in [3.8, 4) is 6.07 Å². The van der Waals surface area contributed by atoms with E-state index in [1.165, 1.54) is 0 Å². The molecule has 0 bridgehead atoms. The quantitative estimate of drug-likeness (QED) is 0.703. The Balaban J connectivity index is 2.95. The van der Waals surface area contributed by atoms with E-state index in [1.807, 2.05) is 0 Å². The number of nitriles is 1. The third-order valence-corrected chi connectivity index (χ3v) is 5.28. The van der Waals surface area contributed by atoms with Crippen molar-refractivity contribution < 1.29 is 8.42 Å². The van der Waals surface area contributed by atoms with Gasteiger partial charge in [0.05, 0.1) is 17.4 Å². The zero-order chi connectivity index (χ0) is 15.7. The third kappa shape index (κ3) is 5.14. The second kappa shape index (κ2) is 8.81. The molecule has 5 heteroatoms. The number of benzene rings is 1. The molecule has 1 aromatic rings. The highest BCUT2D eigenvalue weighted by molar-refractivity contribution is 7.89. The van der Waals surface area contributed by atoms with Gasteiger partial charge in [0.25, 0.3) is 0 Å². The Morgan fingerprint density at radius 3 is 2.00 bits per heavy atom. The van der Waals surface area contributed by atoms with Gasteiger partial charge in [-0.1, -0.05) is 38.8 Å². The van der Waals surface area contributed by atoms with E-state index in [4.69, 9.17) is 5.26 Å². The van der Waals surface area contributed by atoms with Crippen LogP contribution in [0.1, 0.15) is 45.1 Å². The summed E-state index contributed by atoms with van der Waals surface area (Å²) in [6.45, 7) is 5.25. The van der Waals surface area contributed by atoms with Crippen LogP contribution < -0.4 is 0 Å². The molecule has 0 aromatic heterocycles. The SMILES string of the molecule is CCCCN(CCCC)S(=O)(=O)c1ccc(CC#N)cc1. The number of sulfonamides is 1. The number of unbranched alkanes of at least 4 members (excludes halogenated alkanes) is 2. The fourth-order valence-electron chi connectivity index (χ4n) is 2.04. The summed E-state index contributed by atoms with van der Waals surface area (Å²) in [5.74, 6) is 0. The number of rotatable bonds is 9. The monoisotopic (exact) mass is 308 g/mol. The lowest BCUT2D eigenvalue weighted by molar-refractivity contribution is 0.395. The van der Waals surface area contributed by atoms with Crippen molar-refractivity contribution in [2.45, 2.75) is 50.8 Å². The second-order valence-electron chi connectivity index (χ2n) is 5.09. The summed E-state index contributed by atoms with van der Waals surface area (Å²) in [5.41, 5.74) is 0.838. The summed E-state index contributed by atoms with van der Waals surface area (Å²) in [5, 5.41) is 8.65. The highest BCUT2D eigenvalue weighted by atomic mass is 32.2. The summed E-state index contributed by atoms with van der Waals surface area (Å²) < 4.78 is 26.9. The maximum absolute atomic E-state index is 12.7. The molecule has 1 rings (SSSR count). The Morgan fingerprint density at radius 2 is 1.57 bits per heavy atom. The molecule has 0 spiro atoms. The van der Waals surface area contributed by atoms with Crippen molar-refractivity contribution in [2.24, 2.45) is 0 Å². The van der Waals surface area contributed by atoms with Crippen LogP contribution in [0.15, 0.2) is 29.2 Å². The zero-order valence-electron chi connectivity index (χ0n) is 12.9. The van der Waals surface area contributed by atoms with E-state index in [0.717, 1.165) is 31.2 Å². The van der Waals surface area contributed by atoms with Crippen LogP contribution in [0.2, 0.25) is 0 Å². The lowest BCUT2D eigenvalue weighted by atomic mass is 10.2. The molecular formula is C16H24N2O2S. The highest BCUT2D eigenvalue weighted by Gasteiger charge is 2.23. The van der Waals surface area contributed by atoms with Gasteiger partial charge >= 0.3 is 0 Å². The molecule has 1 aromatic carbocycles. The lowest BCUT2D eigenvalue weighted by Crippen LogP contribution is -2.33. The first kappa shape index (κ1) is 17.7. The third-order valence-electron chi connectivity index (χ3n) is 3.37. The van der Waals surface area contributed by atoms with E-state index < -0.39 is 10.0 Å². The molecule has 116 valence electrons. The maximum atomic E-state index is 12.7. The Labute approximate surface area is 128 Å². The highest BCUT2D eigenvalue weighted by Crippen LogP contribution is 2.18. The van der Waals surface area contributed by atoms with Gasteiger partial charge in [0.2, 0.25) is 10.0 Å². The largest absolute Gasteiger partial charge is 0.243 e. The predicted molar refractivity (Wildman–Crippen MR) is 84.3 cm³/mol. The van der Waals surface area contributed by atoms with Crippen molar-refractivity contribution in [2.75, 3.05) is 13.1 Å². The maximum Gasteiger partial charge on any atom is 0.243 e. The van der Waals surface area contributed by atoms with Crippen LogP contribution in [0, 0.1) is 11.3 Å². The van der Waals surface area contributed by atoms with E-state index >= 15 is 0 Å². The van der Waals surface area contributed by atoms with E-state index in [9.17, 15) is 8.42 Å². The zero-order valence-corrected chi connectivity index (χ0v) is 13.7. The first-order valence-corrected chi connectivity index (χ1v) is 8.96. The summed E-state index contributed by atoms with van der Waals surface area (Å²) >= 11 is 0. The molecule has 0 N–H and O–H groups in total. The lowest BCUT2D eigenvalue weighted by Gasteiger charge is -2.22. The molecule has 0 aliphatic carbocycles. The van der Waals surface area contributed by atoms with Gasteiger partial charge in [0.15, 0.2) is 0 Å². The van der Waals surface area contributed by atoms with Crippen molar-refractivity contribution >= 4 is 10.0 Å². The standard InChI is InChI=1S/C16H24N2O2S/c1-3-5-13-18(14-6-4-2)21(19,20)16-9-7-15(8-10-16)11-12-17/h7-10H,3-6,11,13-14H2,1-2H3. The van der Waals surface area contributed by atoms with Gasteiger partial charge in [-0.25, -0.2) is 8.42 Å². The van der Waals surface area contributed by atoms with Crippen molar-refractivity contribution in [3.63, 3.8) is 0 Å². The molecule has 0 saturated heterocycles. The molecular weight excluding hydrogens is 284 g/mol. The van der Waals surface area contributed by atoms with Crippen LogP contribution in [0.25, 0.3) is 0 Å². The number of hydrogen-bond donors (Lipinski definition) is 0. The molecule has 0 radical (unpaired) electrons. The first-order chi connectivity index (χ1) is 10.1. The van der Waals surface area contributed by atoms with Gasteiger partial charge in [0.1, 0.15) is 0 Å². The van der Waals surface area contributed by atoms with Gasteiger partial charge in [-0.15, -0.1) is 0 Å². The summed E-state index contributed by atoms with van der Waals surface area (Å²) in [6.07, 6.45) is 3.99. The van der Waals surface area contributed by atoms with Gasteiger partial charge < -0.3 is 0 Å². The van der Waals surface area contributed by atoms with Crippen LogP contribution in [0.5, 0.6) is 0 Å². The van der Waals surface area contributed by atoms with Crippen LogP contribution in [0.3, 0.4) is 0 Å². The first-order valence-electron chi connectivity index (χ1n) is 7.52. The fraction of sp³-hybridized carbons (Fsp3) is 0.562. The minimum absolute atomic E-state index is 0.301.